The van der Waals surface area contributed by atoms with Gasteiger partial charge in [0.1, 0.15) is 27.9 Å². The quantitative estimate of drug-likeness (QED) is 0.483. The van der Waals surface area contributed by atoms with Crippen molar-refractivity contribution in [1.29, 1.82) is 0 Å². The van der Waals surface area contributed by atoms with Crippen LogP contribution in [0.1, 0.15) is 40.7 Å². The number of aromatic nitrogens is 2. The number of halogens is 1. The average Bonchev–Trinajstić information content (AvgIpc) is 3.28. The number of carbonyl (C=O) groups excluding carboxylic acids is 2. The van der Waals surface area contributed by atoms with Crippen molar-refractivity contribution >= 4 is 29.0 Å². The molecule has 2 aliphatic heterocycles. The van der Waals surface area contributed by atoms with Crippen LogP contribution in [0.25, 0.3) is 0 Å². The van der Waals surface area contributed by atoms with Gasteiger partial charge < -0.3 is 19.5 Å². The van der Waals surface area contributed by atoms with Gasteiger partial charge in [0.25, 0.3) is 5.56 Å². The van der Waals surface area contributed by atoms with Gasteiger partial charge in [0, 0.05) is 43.3 Å². The molecule has 206 valence electrons. The molecule has 3 atom stereocenters. The highest BCUT2D eigenvalue weighted by Crippen LogP contribution is 2.56. The highest BCUT2D eigenvalue weighted by Gasteiger charge is 2.63. The van der Waals surface area contributed by atoms with Crippen molar-refractivity contribution in [2.24, 2.45) is 20.0 Å². The average molecular weight is 564 g/mol. The largest absolute Gasteiger partial charge is 0.496 e. The third-order valence-corrected chi connectivity index (χ3v) is 8.57. The molecule has 3 heterocycles. The molecule has 1 aliphatic carbocycles. The van der Waals surface area contributed by atoms with Gasteiger partial charge in [0.2, 0.25) is 17.2 Å². The van der Waals surface area contributed by atoms with E-state index in [9.17, 15) is 19.2 Å². The lowest BCUT2D eigenvalue weighted by atomic mass is 9.66. The molecule has 3 aliphatic rings. The summed E-state index contributed by atoms with van der Waals surface area (Å²) in [6.45, 7) is 1.75. The fourth-order valence-corrected chi connectivity index (χ4v) is 6.43. The molecule has 0 saturated heterocycles. The fraction of sp³-hybridized carbons (Fsp3) is 0.310. The summed E-state index contributed by atoms with van der Waals surface area (Å²) >= 11 is 6.58. The Balaban J connectivity index is 1.61. The molecule has 0 amide bonds. The van der Waals surface area contributed by atoms with Gasteiger partial charge in [-0.05, 0) is 12.0 Å². The van der Waals surface area contributed by atoms with Crippen LogP contribution < -0.4 is 30.8 Å². The van der Waals surface area contributed by atoms with Crippen LogP contribution in [0.2, 0.25) is 5.02 Å². The molecule has 0 radical (unpaired) electrons. The summed E-state index contributed by atoms with van der Waals surface area (Å²) in [5.74, 6) is -1.91. The number of methoxy groups -OCH3 is 2. The Morgan fingerprint density at radius 3 is 2.33 bits per heavy atom. The smallest absolute Gasteiger partial charge is 0.332 e. The second kappa shape index (κ2) is 8.85. The highest BCUT2D eigenvalue weighted by molar-refractivity contribution is 6.36. The monoisotopic (exact) mass is 563 g/mol. The maximum Gasteiger partial charge on any atom is 0.332 e. The van der Waals surface area contributed by atoms with Gasteiger partial charge in [-0.1, -0.05) is 48.9 Å². The van der Waals surface area contributed by atoms with Gasteiger partial charge in [-0.25, -0.2) is 4.79 Å². The van der Waals surface area contributed by atoms with Crippen LogP contribution in [0.3, 0.4) is 0 Å². The first-order valence-electron chi connectivity index (χ1n) is 12.7. The first-order chi connectivity index (χ1) is 19.1. The number of hydrogen-bond donors (Lipinski definition) is 1. The number of nitrogens with zero attached hydrogens (tertiary/aromatic N) is 2. The number of hydrogen-bond acceptors (Lipinski definition) is 8. The number of Topliss-reactive ketones (excluding diaryl/α,β-unsaturated/α-hetero) is 2. The molecule has 1 aromatic heterocycles. The molecule has 40 heavy (non-hydrogen) atoms. The molecular weight excluding hydrogens is 538 g/mol. The van der Waals surface area contributed by atoms with Crippen molar-refractivity contribution < 1.29 is 23.8 Å². The Morgan fingerprint density at radius 1 is 1.00 bits per heavy atom. The van der Waals surface area contributed by atoms with Gasteiger partial charge in [-0.2, -0.15) is 0 Å². The van der Waals surface area contributed by atoms with Crippen molar-refractivity contribution in [3.63, 3.8) is 0 Å². The Morgan fingerprint density at radius 2 is 1.68 bits per heavy atom. The standard InChI is InChI=1S/C29H26ClN3O7/c1-13-11-15-19(24(34)29(13)25(35)20-16(38-4)12-17(39-5)22(30)23(20)40-29)18(14-9-7-6-8-10-14)21-26(31-15)32(2)28(37)33(3)27(21)36/h6-10,12-13,18,31H,11H2,1-5H3. The van der Waals surface area contributed by atoms with Crippen molar-refractivity contribution in [3.8, 4) is 17.2 Å². The molecule has 2 aromatic carbocycles. The summed E-state index contributed by atoms with van der Waals surface area (Å²) in [5, 5.41) is 3.26. The molecule has 10 nitrogen and oxygen atoms in total. The molecule has 1 N–H and O–H groups in total. The van der Waals surface area contributed by atoms with E-state index in [1.54, 1.807) is 26.1 Å². The van der Waals surface area contributed by atoms with Crippen molar-refractivity contribution in [3.05, 3.63) is 90.2 Å². The number of rotatable bonds is 3. The van der Waals surface area contributed by atoms with Gasteiger partial charge >= 0.3 is 5.69 Å². The number of ether oxygens (including phenoxy) is 3. The van der Waals surface area contributed by atoms with E-state index in [4.69, 9.17) is 25.8 Å². The first-order valence-corrected chi connectivity index (χ1v) is 13.0. The summed E-state index contributed by atoms with van der Waals surface area (Å²) in [5.41, 5.74) is -1.27. The van der Waals surface area contributed by atoms with Crippen LogP contribution in [0.15, 0.2) is 57.3 Å². The topological polar surface area (TPSA) is 118 Å². The molecule has 0 fully saturated rings. The van der Waals surface area contributed by atoms with E-state index in [2.05, 4.69) is 5.32 Å². The van der Waals surface area contributed by atoms with E-state index in [0.29, 0.717) is 17.1 Å². The minimum Gasteiger partial charge on any atom is -0.496 e. The van der Waals surface area contributed by atoms with Gasteiger partial charge in [0.15, 0.2) is 5.75 Å². The van der Waals surface area contributed by atoms with E-state index in [1.165, 1.54) is 31.9 Å². The van der Waals surface area contributed by atoms with E-state index in [1.807, 2.05) is 18.2 Å². The van der Waals surface area contributed by atoms with Crippen LogP contribution in [-0.4, -0.2) is 40.5 Å². The third kappa shape index (κ3) is 3.16. The molecular formula is C29H26ClN3O7. The van der Waals surface area contributed by atoms with Crippen LogP contribution in [0.4, 0.5) is 5.82 Å². The number of benzene rings is 2. The summed E-state index contributed by atoms with van der Waals surface area (Å²) in [4.78, 5) is 55.4. The van der Waals surface area contributed by atoms with Gasteiger partial charge in [-0.15, -0.1) is 0 Å². The minimum atomic E-state index is -1.94. The van der Waals surface area contributed by atoms with Crippen LogP contribution in [-0.2, 0) is 18.9 Å². The number of ketones is 2. The summed E-state index contributed by atoms with van der Waals surface area (Å²) < 4.78 is 19.5. The lowest BCUT2D eigenvalue weighted by molar-refractivity contribution is -0.130. The fourth-order valence-electron chi connectivity index (χ4n) is 6.17. The van der Waals surface area contributed by atoms with Gasteiger partial charge in [-0.3, -0.25) is 23.5 Å². The number of carbonyl (C=O) groups is 2. The maximum atomic E-state index is 14.7. The Labute approximate surface area is 233 Å². The van der Waals surface area contributed by atoms with E-state index < -0.39 is 40.3 Å². The minimum absolute atomic E-state index is 0.0193. The third-order valence-electron chi connectivity index (χ3n) is 8.21. The predicted octanol–water partition coefficient (Wildman–Crippen LogP) is 3.19. The van der Waals surface area contributed by atoms with E-state index in [0.717, 1.165) is 4.57 Å². The summed E-state index contributed by atoms with van der Waals surface area (Å²) in [6.07, 6.45) is 0.226. The maximum absolute atomic E-state index is 14.7. The summed E-state index contributed by atoms with van der Waals surface area (Å²) in [7, 11) is 5.79. The zero-order valence-electron chi connectivity index (χ0n) is 22.5. The molecule has 1 spiro atoms. The highest BCUT2D eigenvalue weighted by atomic mass is 35.5. The zero-order valence-corrected chi connectivity index (χ0v) is 23.2. The zero-order chi connectivity index (χ0) is 28.7. The molecule has 11 heteroatoms. The Bertz CT molecular complexity index is 1790. The summed E-state index contributed by atoms with van der Waals surface area (Å²) in [6, 6.07) is 10.5. The van der Waals surface area contributed by atoms with Crippen LogP contribution >= 0.6 is 11.6 Å². The van der Waals surface area contributed by atoms with Crippen LogP contribution in [0, 0.1) is 5.92 Å². The Hall–Kier alpha value is -4.31. The number of nitrogens with one attached hydrogen (secondary N) is 1. The molecule has 0 saturated carbocycles. The lowest BCUT2D eigenvalue weighted by Gasteiger charge is -2.42. The molecule has 0 bridgehead atoms. The molecule has 3 unspecified atom stereocenters. The van der Waals surface area contributed by atoms with Gasteiger partial charge in [0.05, 0.1) is 19.8 Å². The van der Waals surface area contributed by atoms with Crippen molar-refractivity contribution in [2.75, 3.05) is 19.5 Å². The van der Waals surface area contributed by atoms with E-state index in [-0.39, 0.29) is 45.4 Å². The Kier molecular flexibility index (Phi) is 5.74. The second-order valence-electron chi connectivity index (χ2n) is 10.2. The number of anilines is 1. The molecule has 6 rings (SSSR count). The van der Waals surface area contributed by atoms with Crippen molar-refractivity contribution in [1.82, 2.24) is 9.13 Å². The van der Waals surface area contributed by atoms with Crippen molar-refractivity contribution in [2.45, 2.75) is 24.9 Å². The number of fused-ring (bicyclic) bond motifs is 2. The molecule has 3 aromatic rings. The first kappa shape index (κ1) is 25.9. The normalized spacial score (nSPS) is 22.9. The van der Waals surface area contributed by atoms with Crippen LogP contribution in [0.5, 0.6) is 17.2 Å². The SMILES string of the molecule is COc1cc(OC)c2c(c1Cl)OC1(C(=O)C3=C(CC1C)Nc1c(c(=O)n(C)c(=O)n1C)C3c1ccccc1)C2=O. The number of allylic oxidation sites excluding steroid dienone is 1. The lowest BCUT2D eigenvalue weighted by Crippen LogP contribution is -2.58. The predicted molar refractivity (Wildman–Crippen MR) is 147 cm³/mol. The second-order valence-corrected chi connectivity index (χ2v) is 10.6. The van der Waals surface area contributed by atoms with E-state index >= 15 is 0 Å².